The number of methoxy groups -OCH3 is 1. The lowest BCUT2D eigenvalue weighted by molar-refractivity contribution is -0.145. The maximum atomic E-state index is 12.6. The Labute approximate surface area is 124 Å². The fourth-order valence-electron chi connectivity index (χ4n) is 3.03. The van der Waals surface area contributed by atoms with Gasteiger partial charge in [0.15, 0.2) is 0 Å². The van der Waals surface area contributed by atoms with E-state index in [9.17, 15) is 14.7 Å². The largest absolute Gasteiger partial charge is 0.497 e. The van der Waals surface area contributed by atoms with E-state index in [-0.39, 0.29) is 11.8 Å². The number of carboxylic acid groups (broad SMARTS) is 1. The second-order valence-electron chi connectivity index (χ2n) is 5.73. The van der Waals surface area contributed by atoms with Crippen LogP contribution in [0.4, 0.5) is 5.69 Å². The van der Waals surface area contributed by atoms with Gasteiger partial charge in [-0.15, -0.1) is 0 Å². The Bertz CT molecular complexity index is 543. The number of carbonyl (C=O) groups is 2. The molecule has 1 N–H and O–H groups in total. The summed E-state index contributed by atoms with van der Waals surface area (Å²) < 4.78 is 5.15. The van der Waals surface area contributed by atoms with Gasteiger partial charge < -0.3 is 14.7 Å². The first-order valence-corrected chi connectivity index (χ1v) is 7.08. The Morgan fingerprint density at radius 2 is 1.95 bits per heavy atom. The molecule has 1 aliphatic carbocycles. The molecule has 0 radical (unpaired) electrons. The summed E-state index contributed by atoms with van der Waals surface area (Å²) in [5.41, 5.74) is 0.711. The minimum Gasteiger partial charge on any atom is -0.497 e. The molecule has 0 spiro atoms. The first-order chi connectivity index (χ1) is 9.93. The number of hydrogen-bond acceptors (Lipinski definition) is 3. The van der Waals surface area contributed by atoms with E-state index in [1.54, 1.807) is 26.3 Å². The summed E-state index contributed by atoms with van der Waals surface area (Å²) in [6.07, 6.45) is 1.20. The SMILES string of the molecule is COc1cccc(N(C)C(=O)[C@H]2CC(C)C[C@H]2C(=O)O)c1. The predicted molar refractivity (Wildman–Crippen MR) is 79.4 cm³/mol. The highest BCUT2D eigenvalue weighted by Crippen LogP contribution is 2.38. The van der Waals surface area contributed by atoms with Crippen LogP contribution >= 0.6 is 0 Å². The highest BCUT2D eigenvalue weighted by atomic mass is 16.5. The van der Waals surface area contributed by atoms with E-state index in [4.69, 9.17) is 4.74 Å². The zero-order valence-electron chi connectivity index (χ0n) is 12.6. The van der Waals surface area contributed by atoms with Gasteiger partial charge in [-0.25, -0.2) is 0 Å². The fourth-order valence-corrected chi connectivity index (χ4v) is 3.03. The van der Waals surface area contributed by atoms with E-state index in [0.29, 0.717) is 24.3 Å². The molecule has 114 valence electrons. The monoisotopic (exact) mass is 291 g/mol. The highest BCUT2D eigenvalue weighted by Gasteiger charge is 2.42. The number of hydrogen-bond donors (Lipinski definition) is 1. The minimum atomic E-state index is -0.878. The number of amides is 1. The molecule has 5 nitrogen and oxygen atoms in total. The molecule has 0 bridgehead atoms. The van der Waals surface area contributed by atoms with Crippen molar-refractivity contribution in [2.45, 2.75) is 19.8 Å². The average Bonchev–Trinajstić information content (AvgIpc) is 2.88. The normalized spacial score (nSPS) is 24.6. The molecule has 1 aromatic rings. The van der Waals surface area contributed by atoms with Crippen molar-refractivity contribution in [3.05, 3.63) is 24.3 Å². The summed E-state index contributed by atoms with van der Waals surface area (Å²) in [7, 11) is 3.25. The number of anilines is 1. The molecule has 21 heavy (non-hydrogen) atoms. The third-order valence-electron chi connectivity index (χ3n) is 4.20. The zero-order chi connectivity index (χ0) is 15.6. The minimum absolute atomic E-state index is 0.139. The van der Waals surface area contributed by atoms with Gasteiger partial charge in [-0.1, -0.05) is 13.0 Å². The molecule has 0 heterocycles. The van der Waals surface area contributed by atoms with E-state index < -0.39 is 17.8 Å². The second kappa shape index (κ2) is 6.16. The number of carboxylic acids is 1. The van der Waals surface area contributed by atoms with E-state index in [1.807, 2.05) is 19.1 Å². The van der Waals surface area contributed by atoms with Crippen LogP contribution in [0.3, 0.4) is 0 Å². The summed E-state index contributed by atoms with van der Waals surface area (Å²) in [6, 6.07) is 7.20. The molecule has 3 atom stereocenters. The molecule has 1 aromatic carbocycles. The molecule has 0 aliphatic heterocycles. The van der Waals surface area contributed by atoms with Crippen LogP contribution in [-0.4, -0.2) is 31.1 Å². The van der Waals surface area contributed by atoms with Crippen LogP contribution in [-0.2, 0) is 9.59 Å². The predicted octanol–water partition coefficient (Wildman–Crippen LogP) is 2.40. The molecule has 1 unspecified atom stereocenters. The van der Waals surface area contributed by atoms with Crippen LogP contribution in [0.5, 0.6) is 5.75 Å². The maximum absolute atomic E-state index is 12.6. The molecule has 2 rings (SSSR count). The first kappa shape index (κ1) is 15.4. The Hall–Kier alpha value is -2.04. The van der Waals surface area contributed by atoms with Gasteiger partial charge in [0.25, 0.3) is 0 Å². The van der Waals surface area contributed by atoms with Gasteiger partial charge in [-0.3, -0.25) is 9.59 Å². The molecule has 1 fully saturated rings. The lowest BCUT2D eigenvalue weighted by Crippen LogP contribution is -2.36. The van der Waals surface area contributed by atoms with Gasteiger partial charge in [-0.05, 0) is 30.9 Å². The van der Waals surface area contributed by atoms with Crippen molar-refractivity contribution < 1.29 is 19.4 Å². The standard InChI is InChI=1S/C16H21NO4/c1-10-7-13(14(8-10)16(19)20)15(18)17(2)11-5-4-6-12(9-11)21-3/h4-6,9-10,13-14H,7-8H2,1-3H3,(H,19,20)/t10?,13-,14+/m0/s1. The highest BCUT2D eigenvalue weighted by molar-refractivity contribution is 5.97. The molecule has 0 saturated heterocycles. The second-order valence-corrected chi connectivity index (χ2v) is 5.73. The summed E-state index contributed by atoms with van der Waals surface area (Å²) >= 11 is 0. The lowest BCUT2D eigenvalue weighted by Gasteiger charge is -2.23. The smallest absolute Gasteiger partial charge is 0.307 e. The number of carbonyl (C=O) groups excluding carboxylic acids is 1. The maximum Gasteiger partial charge on any atom is 0.307 e. The zero-order valence-corrected chi connectivity index (χ0v) is 12.6. The van der Waals surface area contributed by atoms with Crippen LogP contribution in [0.2, 0.25) is 0 Å². The topological polar surface area (TPSA) is 66.8 Å². The van der Waals surface area contributed by atoms with Gasteiger partial charge in [0.1, 0.15) is 5.75 Å². The van der Waals surface area contributed by atoms with Crippen LogP contribution in [0.1, 0.15) is 19.8 Å². The number of benzene rings is 1. The molecule has 1 saturated carbocycles. The van der Waals surface area contributed by atoms with Crippen LogP contribution < -0.4 is 9.64 Å². The summed E-state index contributed by atoms with van der Waals surface area (Å²) in [4.78, 5) is 25.5. The molecule has 1 aliphatic rings. The lowest BCUT2D eigenvalue weighted by atomic mass is 9.94. The number of nitrogens with zero attached hydrogens (tertiary/aromatic N) is 1. The Morgan fingerprint density at radius 3 is 2.57 bits per heavy atom. The van der Waals surface area contributed by atoms with Crippen molar-refractivity contribution in [3.63, 3.8) is 0 Å². The quantitative estimate of drug-likeness (QED) is 0.925. The fraction of sp³-hybridized carbons (Fsp3) is 0.500. The van der Waals surface area contributed by atoms with Crippen molar-refractivity contribution >= 4 is 17.6 Å². The Morgan fingerprint density at radius 1 is 1.29 bits per heavy atom. The summed E-state index contributed by atoms with van der Waals surface area (Å²) in [5.74, 6) is -1.12. The van der Waals surface area contributed by atoms with Crippen molar-refractivity contribution in [2.24, 2.45) is 17.8 Å². The van der Waals surface area contributed by atoms with Gasteiger partial charge in [-0.2, -0.15) is 0 Å². The van der Waals surface area contributed by atoms with Crippen molar-refractivity contribution in [3.8, 4) is 5.75 Å². The van der Waals surface area contributed by atoms with E-state index >= 15 is 0 Å². The third kappa shape index (κ3) is 3.17. The van der Waals surface area contributed by atoms with Crippen molar-refractivity contribution in [2.75, 3.05) is 19.1 Å². The Balaban J connectivity index is 2.20. The molecular weight excluding hydrogens is 270 g/mol. The van der Waals surface area contributed by atoms with Crippen molar-refractivity contribution in [1.82, 2.24) is 0 Å². The van der Waals surface area contributed by atoms with Crippen molar-refractivity contribution in [1.29, 1.82) is 0 Å². The van der Waals surface area contributed by atoms with Crippen LogP contribution in [0.25, 0.3) is 0 Å². The van der Waals surface area contributed by atoms with E-state index in [1.165, 1.54) is 4.90 Å². The summed E-state index contributed by atoms with van der Waals surface area (Å²) in [6.45, 7) is 1.99. The van der Waals surface area contributed by atoms with E-state index in [0.717, 1.165) is 0 Å². The summed E-state index contributed by atoms with van der Waals surface area (Å²) in [5, 5.41) is 9.29. The van der Waals surface area contributed by atoms with E-state index in [2.05, 4.69) is 0 Å². The Kier molecular flexibility index (Phi) is 4.50. The van der Waals surface area contributed by atoms with Crippen LogP contribution in [0, 0.1) is 17.8 Å². The molecule has 0 aromatic heterocycles. The van der Waals surface area contributed by atoms with Gasteiger partial charge in [0.2, 0.25) is 5.91 Å². The number of ether oxygens (including phenoxy) is 1. The van der Waals surface area contributed by atoms with Gasteiger partial charge in [0.05, 0.1) is 18.9 Å². The number of aliphatic carboxylic acids is 1. The molecule has 5 heteroatoms. The molecule has 1 amide bonds. The number of rotatable bonds is 4. The first-order valence-electron chi connectivity index (χ1n) is 7.08. The van der Waals surface area contributed by atoms with Crippen LogP contribution in [0.15, 0.2) is 24.3 Å². The average molecular weight is 291 g/mol. The molecular formula is C16H21NO4. The third-order valence-corrected chi connectivity index (χ3v) is 4.20. The van der Waals surface area contributed by atoms with Gasteiger partial charge >= 0.3 is 5.97 Å². The van der Waals surface area contributed by atoms with Gasteiger partial charge in [0, 0.05) is 18.8 Å².